The molecule has 2 rings (SSSR count). The number of anilines is 1. The Kier molecular flexibility index (Phi) is 3.50. The van der Waals surface area contributed by atoms with Crippen molar-refractivity contribution in [1.82, 2.24) is 5.32 Å². The lowest BCUT2D eigenvalue weighted by Crippen LogP contribution is -2.62. The molecule has 1 aromatic rings. The molecule has 2 atom stereocenters. The van der Waals surface area contributed by atoms with Gasteiger partial charge < -0.3 is 5.32 Å². The highest BCUT2D eigenvalue weighted by molar-refractivity contribution is 6.08. The number of nitrogens with one attached hydrogen (secondary N) is 1. The molecular formula is C13H14F2N2O2. The second-order valence-corrected chi connectivity index (χ2v) is 4.45. The Balaban J connectivity index is 2.41. The average molecular weight is 268 g/mol. The topological polar surface area (TPSA) is 49.4 Å². The molecular weight excluding hydrogens is 254 g/mol. The maximum Gasteiger partial charge on any atom is 0.250 e. The van der Waals surface area contributed by atoms with Crippen molar-refractivity contribution in [3.63, 3.8) is 0 Å². The minimum absolute atomic E-state index is 0.185. The third-order valence-corrected chi connectivity index (χ3v) is 3.21. The Labute approximate surface area is 109 Å². The Morgan fingerprint density at radius 1 is 1.26 bits per heavy atom. The first-order valence-corrected chi connectivity index (χ1v) is 6.04. The molecule has 0 spiro atoms. The molecule has 0 aliphatic carbocycles. The molecule has 19 heavy (non-hydrogen) atoms. The number of piperazine rings is 1. The summed E-state index contributed by atoms with van der Waals surface area (Å²) < 4.78 is 26.2. The van der Waals surface area contributed by atoms with Gasteiger partial charge in [0.2, 0.25) is 11.8 Å². The summed E-state index contributed by atoms with van der Waals surface area (Å²) in [4.78, 5) is 25.2. The molecule has 1 saturated heterocycles. The molecule has 1 aliphatic rings. The van der Waals surface area contributed by atoms with Crippen molar-refractivity contribution < 1.29 is 18.4 Å². The van der Waals surface area contributed by atoms with Gasteiger partial charge in [0.25, 0.3) is 0 Å². The summed E-state index contributed by atoms with van der Waals surface area (Å²) in [5, 5.41) is 2.59. The molecule has 102 valence electrons. The Bertz CT molecular complexity index is 533. The van der Waals surface area contributed by atoms with Crippen molar-refractivity contribution in [3.05, 3.63) is 29.8 Å². The van der Waals surface area contributed by atoms with Crippen molar-refractivity contribution in [2.45, 2.75) is 32.4 Å². The standard InChI is InChI=1S/C13H14F2N2O2/c1-3-11-13(19)17(7(2)12(18)16-11)8-4-5-9(14)10(15)6-8/h4-7,11H,3H2,1-2H3,(H,16,18). The average Bonchev–Trinajstić information content (AvgIpc) is 2.38. The van der Waals surface area contributed by atoms with Gasteiger partial charge in [-0.05, 0) is 25.5 Å². The Morgan fingerprint density at radius 3 is 2.53 bits per heavy atom. The van der Waals surface area contributed by atoms with E-state index >= 15 is 0 Å². The van der Waals surface area contributed by atoms with Crippen LogP contribution in [0.4, 0.5) is 14.5 Å². The summed E-state index contributed by atoms with van der Waals surface area (Å²) in [6.07, 6.45) is 0.442. The van der Waals surface area contributed by atoms with Crippen LogP contribution < -0.4 is 10.2 Å². The first-order valence-electron chi connectivity index (χ1n) is 6.04. The maximum absolute atomic E-state index is 13.3. The minimum atomic E-state index is -1.04. The zero-order valence-corrected chi connectivity index (χ0v) is 10.6. The third kappa shape index (κ3) is 2.30. The van der Waals surface area contributed by atoms with E-state index in [4.69, 9.17) is 0 Å². The summed E-state index contributed by atoms with van der Waals surface area (Å²) in [6, 6.07) is 1.78. The second-order valence-electron chi connectivity index (χ2n) is 4.45. The summed E-state index contributed by atoms with van der Waals surface area (Å²) in [7, 11) is 0. The zero-order chi connectivity index (χ0) is 14.2. The number of benzene rings is 1. The van der Waals surface area contributed by atoms with Crippen LogP contribution in [0.1, 0.15) is 20.3 Å². The van der Waals surface area contributed by atoms with Gasteiger partial charge in [-0.3, -0.25) is 14.5 Å². The van der Waals surface area contributed by atoms with Crippen LogP contribution >= 0.6 is 0 Å². The number of hydrogen-bond acceptors (Lipinski definition) is 2. The van der Waals surface area contributed by atoms with Crippen LogP contribution in [-0.2, 0) is 9.59 Å². The van der Waals surface area contributed by atoms with Gasteiger partial charge in [-0.15, -0.1) is 0 Å². The molecule has 0 radical (unpaired) electrons. The van der Waals surface area contributed by atoms with Crippen molar-refractivity contribution >= 4 is 17.5 Å². The monoisotopic (exact) mass is 268 g/mol. The molecule has 6 heteroatoms. The van der Waals surface area contributed by atoms with E-state index in [1.165, 1.54) is 11.0 Å². The largest absolute Gasteiger partial charge is 0.343 e. The molecule has 2 unspecified atom stereocenters. The van der Waals surface area contributed by atoms with E-state index in [1.807, 2.05) is 0 Å². The number of amides is 2. The minimum Gasteiger partial charge on any atom is -0.343 e. The SMILES string of the molecule is CCC1NC(=O)C(C)N(c2ccc(F)c(F)c2)C1=O. The van der Waals surface area contributed by atoms with Crippen molar-refractivity contribution in [2.24, 2.45) is 0 Å². The van der Waals surface area contributed by atoms with Crippen molar-refractivity contribution in [3.8, 4) is 0 Å². The number of hydrogen-bond donors (Lipinski definition) is 1. The van der Waals surface area contributed by atoms with Gasteiger partial charge in [0, 0.05) is 11.8 Å². The smallest absolute Gasteiger partial charge is 0.250 e. The molecule has 4 nitrogen and oxygen atoms in total. The van der Waals surface area contributed by atoms with Gasteiger partial charge in [0.1, 0.15) is 12.1 Å². The highest BCUT2D eigenvalue weighted by atomic mass is 19.2. The lowest BCUT2D eigenvalue weighted by atomic mass is 10.1. The molecule has 0 saturated carbocycles. The van der Waals surface area contributed by atoms with E-state index in [9.17, 15) is 18.4 Å². The lowest BCUT2D eigenvalue weighted by Gasteiger charge is -2.37. The van der Waals surface area contributed by atoms with Crippen LogP contribution in [0, 0.1) is 11.6 Å². The van der Waals surface area contributed by atoms with Gasteiger partial charge in [-0.1, -0.05) is 6.92 Å². The molecule has 0 bridgehead atoms. The number of carbonyl (C=O) groups excluding carboxylic acids is 2. The summed E-state index contributed by atoms with van der Waals surface area (Å²) in [5.74, 6) is -2.66. The van der Waals surface area contributed by atoms with Crippen molar-refractivity contribution in [2.75, 3.05) is 4.90 Å². The first kappa shape index (κ1) is 13.5. The number of halogens is 2. The van der Waals surface area contributed by atoms with E-state index in [0.29, 0.717) is 6.42 Å². The van der Waals surface area contributed by atoms with Crippen LogP contribution in [0.25, 0.3) is 0 Å². The molecule has 1 heterocycles. The first-order chi connectivity index (χ1) is 8.95. The van der Waals surface area contributed by atoms with Gasteiger partial charge in [-0.2, -0.15) is 0 Å². The Hall–Kier alpha value is -1.98. The molecule has 1 fully saturated rings. The normalized spacial score (nSPS) is 23.5. The fraction of sp³-hybridized carbons (Fsp3) is 0.385. The molecule has 1 aromatic carbocycles. The molecule has 1 N–H and O–H groups in total. The van der Waals surface area contributed by atoms with Crippen LogP contribution in [0.15, 0.2) is 18.2 Å². The van der Waals surface area contributed by atoms with E-state index in [-0.39, 0.29) is 17.5 Å². The highest BCUT2D eigenvalue weighted by Gasteiger charge is 2.38. The van der Waals surface area contributed by atoms with Gasteiger partial charge in [0.15, 0.2) is 11.6 Å². The molecule has 2 amide bonds. The van der Waals surface area contributed by atoms with Gasteiger partial charge in [0.05, 0.1) is 0 Å². The van der Waals surface area contributed by atoms with E-state index in [1.54, 1.807) is 13.8 Å². The zero-order valence-electron chi connectivity index (χ0n) is 10.6. The van der Waals surface area contributed by atoms with Crippen LogP contribution in [0.2, 0.25) is 0 Å². The predicted molar refractivity (Wildman–Crippen MR) is 65.5 cm³/mol. The summed E-state index contributed by atoms with van der Waals surface area (Å²) in [6.45, 7) is 3.31. The van der Waals surface area contributed by atoms with E-state index < -0.39 is 23.7 Å². The van der Waals surface area contributed by atoms with Crippen molar-refractivity contribution in [1.29, 1.82) is 0 Å². The lowest BCUT2D eigenvalue weighted by molar-refractivity contribution is -0.133. The second kappa shape index (κ2) is 4.95. The highest BCUT2D eigenvalue weighted by Crippen LogP contribution is 2.24. The third-order valence-electron chi connectivity index (χ3n) is 3.21. The van der Waals surface area contributed by atoms with Gasteiger partial charge >= 0.3 is 0 Å². The quantitative estimate of drug-likeness (QED) is 0.885. The summed E-state index contributed by atoms with van der Waals surface area (Å²) >= 11 is 0. The molecule has 0 aromatic heterocycles. The van der Waals surface area contributed by atoms with Gasteiger partial charge in [-0.25, -0.2) is 8.78 Å². The number of rotatable bonds is 2. The number of nitrogens with zero attached hydrogens (tertiary/aromatic N) is 1. The molecule has 1 aliphatic heterocycles. The fourth-order valence-electron chi connectivity index (χ4n) is 2.09. The predicted octanol–water partition coefficient (Wildman–Crippen LogP) is 1.59. The summed E-state index contributed by atoms with van der Waals surface area (Å²) in [5.41, 5.74) is 0.185. The fourth-order valence-corrected chi connectivity index (χ4v) is 2.09. The van der Waals surface area contributed by atoms with Crippen LogP contribution in [0.3, 0.4) is 0 Å². The van der Waals surface area contributed by atoms with E-state index in [0.717, 1.165) is 12.1 Å². The maximum atomic E-state index is 13.3. The number of carbonyl (C=O) groups is 2. The Morgan fingerprint density at radius 2 is 1.95 bits per heavy atom. The van der Waals surface area contributed by atoms with E-state index in [2.05, 4.69) is 5.32 Å². The van der Waals surface area contributed by atoms with Crippen LogP contribution in [0.5, 0.6) is 0 Å². The van der Waals surface area contributed by atoms with Crippen LogP contribution in [-0.4, -0.2) is 23.9 Å².